The summed E-state index contributed by atoms with van der Waals surface area (Å²) in [5, 5.41) is 4.87. The van der Waals surface area contributed by atoms with E-state index in [-0.39, 0.29) is 17.2 Å². The van der Waals surface area contributed by atoms with Gasteiger partial charge < -0.3 is 9.42 Å². The SMILES string of the molecule is Cc1noc(C2CCN(C(=O)c3sc(C(C)(C)C)nc3C)CC2)n1. The van der Waals surface area contributed by atoms with Crippen molar-refractivity contribution in [3.63, 3.8) is 0 Å². The molecule has 2 aromatic heterocycles. The zero-order valence-electron chi connectivity index (χ0n) is 14.9. The largest absolute Gasteiger partial charge is 0.339 e. The third-order valence-corrected chi connectivity index (χ3v) is 5.88. The highest BCUT2D eigenvalue weighted by Crippen LogP contribution is 2.32. The van der Waals surface area contributed by atoms with Gasteiger partial charge in [-0.15, -0.1) is 11.3 Å². The molecule has 3 heterocycles. The fourth-order valence-electron chi connectivity index (χ4n) is 2.87. The molecule has 1 fully saturated rings. The van der Waals surface area contributed by atoms with Gasteiger partial charge in [0.25, 0.3) is 5.91 Å². The van der Waals surface area contributed by atoms with Crippen LogP contribution in [-0.2, 0) is 5.41 Å². The van der Waals surface area contributed by atoms with E-state index in [9.17, 15) is 4.79 Å². The molecule has 0 saturated carbocycles. The molecule has 7 heteroatoms. The first kappa shape index (κ1) is 17.1. The minimum absolute atomic E-state index is 0.0310. The van der Waals surface area contributed by atoms with E-state index in [1.54, 1.807) is 0 Å². The second-order valence-electron chi connectivity index (χ2n) is 7.43. The first-order chi connectivity index (χ1) is 11.3. The quantitative estimate of drug-likeness (QED) is 0.831. The highest BCUT2D eigenvalue weighted by Gasteiger charge is 2.30. The number of hydrogen-bond donors (Lipinski definition) is 0. The average Bonchev–Trinajstić information content (AvgIpc) is 3.12. The van der Waals surface area contributed by atoms with Crippen LogP contribution >= 0.6 is 11.3 Å². The molecule has 3 rings (SSSR count). The van der Waals surface area contributed by atoms with Crippen molar-refractivity contribution in [2.75, 3.05) is 13.1 Å². The lowest BCUT2D eigenvalue weighted by atomic mass is 9.96. The lowest BCUT2D eigenvalue weighted by Gasteiger charge is -2.30. The summed E-state index contributed by atoms with van der Waals surface area (Å²) in [6.45, 7) is 11.5. The van der Waals surface area contributed by atoms with E-state index in [2.05, 4.69) is 35.9 Å². The van der Waals surface area contributed by atoms with E-state index < -0.39 is 0 Å². The molecule has 0 radical (unpaired) electrons. The number of nitrogens with zero attached hydrogens (tertiary/aromatic N) is 4. The van der Waals surface area contributed by atoms with Gasteiger partial charge in [0.05, 0.1) is 10.7 Å². The predicted molar refractivity (Wildman–Crippen MR) is 92.5 cm³/mol. The molecule has 1 aliphatic rings. The summed E-state index contributed by atoms with van der Waals surface area (Å²) in [4.78, 5) is 24.5. The molecule has 0 N–H and O–H groups in total. The second kappa shape index (κ2) is 6.27. The van der Waals surface area contributed by atoms with Gasteiger partial charge in [-0.05, 0) is 26.7 Å². The van der Waals surface area contributed by atoms with Crippen molar-refractivity contribution in [1.29, 1.82) is 0 Å². The van der Waals surface area contributed by atoms with Crippen molar-refractivity contribution in [1.82, 2.24) is 20.0 Å². The van der Waals surface area contributed by atoms with E-state index in [1.807, 2.05) is 18.7 Å². The van der Waals surface area contributed by atoms with Crippen LogP contribution in [0.15, 0.2) is 4.52 Å². The molecular formula is C17H24N4O2S. The molecule has 6 nitrogen and oxygen atoms in total. The fourth-order valence-corrected chi connectivity index (χ4v) is 3.96. The van der Waals surface area contributed by atoms with Crippen LogP contribution in [0.25, 0.3) is 0 Å². The number of carbonyl (C=O) groups excluding carboxylic acids is 1. The fraction of sp³-hybridized carbons (Fsp3) is 0.647. The number of aromatic nitrogens is 3. The van der Waals surface area contributed by atoms with Crippen LogP contribution in [0.3, 0.4) is 0 Å². The lowest BCUT2D eigenvalue weighted by Crippen LogP contribution is -2.37. The highest BCUT2D eigenvalue weighted by atomic mass is 32.1. The van der Waals surface area contributed by atoms with Crippen molar-refractivity contribution in [2.24, 2.45) is 0 Å². The van der Waals surface area contributed by atoms with Crippen LogP contribution in [-0.4, -0.2) is 39.0 Å². The summed E-state index contributed by atoms with van der Waals surface area (Å²) in [7, 11) is 0. The van der Waals surface area contributed by atoms with Crippen LogP contribution in [0, 0.1) is 13.8 Å². The Morgan fingerprint density at radius 1 is 1.21 bits per heavy atom. The average molecular weight is 348 g/mol. The summed E-state index contributed by atoms with van der Waals surface area (Å²) < 4.78 is 5.27. The van der Waals surface area contributed by atoms with Gasteiger partial charge in [0.2, 0.25) is 5.89 Å². The van der Waals surface area contributed by atoms with Gasteiger partial charge in [0.1, 0.15) is 4.88 Å². The van der Waals surface area contributed by atoms with Gasteiger partial charge in [0, 0.05) is 24.4 Å². The molecule has 0 spiro atoms. The monoisotopic (exact) mass is 348 g/mol. The molecular weight excluding hydrogens is 324 g/mol. The Kier molecular flexibility index (Phi) is 4.46. The Morgan fingerprint density at radius 2 is 1.88 bits per heavy atom. The first-order valence-electron chi connectivity index (χ1n) is 8.33. The Labute approximate surface area is 146 Å². The molecule has 0 aromatic carbocycles. The number of aryl methyl sites for hydroxylation is 2. The number of likely N-dealkylation sites (tertiary alicyclic amines) is 1. The van der Waals surface area contributed by atoms with Crippen LogP contribution in [0.4, 0.5) is 0 Å². The molecule has 0 bridgehead atoms. The minimum atomic E-state index is -0.0310. The van der Waals surface area contributed by atoms with Crippen molar-refractivity contribution in [3.8, 4) is 0 Å². The maximum atomic E-state index is 12.9. The molecule has 1 amide bonds. The number of rotatable bonds is 2. The summed E-state index contributed by atoms with van der Waals surface area (Å²) >= 11 is 1.53. The molecule has 0 unspecified atom stereocenters. The smallest absolute Gasteiger partial charge is 0.265 e. The van der Waals surface area contributed by atoms with Crippen LogP contribution in [0.1, 0.15) is 71.6 Å². The van der Waals surface area contributed by atoms with Crippen molar-refractivity contribution in [3.05, 3.63) is 27.3 Å². The van der Waals surface area contributed by atoms with E-state index in [1.165, 1.54) is 11.3 Å². The third-order valence-electron chi connectivity index (χ3n) is 4.31. The van der Waals surface area contributed by atoms with Crippen LogP contribution in [0.2, 0.25) is 0 Å². The van der Waals surface area contributed by atoms with Gasteiger partial charge in [-0.1, -0.05) is 25.9 Å². The summed E-state index contributed by atoms with van der Waals surface area (Å²) in [5.41, 5.74) is 0.807. The number of piperidine rings is 1. The normalized spacial score (nSPS) is 16.6. The van der Waals surface area contributed by atoms with Gasteiger partial charge in [-0.2, -0.15) is 4.98 Å². The molecule has 0 aliphatic carbocycles. The predicted octanol–water partition coefficient (Wildman–Crippen LogP) is 3.46. The summed E-state index contributed by atoms with van der Waals surface area (Å²) in [5.74, 6) is 1.71. The first-order valence-corrected chi connectivity index (χ1v) is 9.14. The van der Waals surface area contributed by atoms with Crippen LogP contribution in [0.5, 0.6) is 0 Å². The lowest BCUT2D eigenvalue weighted by molar-refractivity contribution is 0.0708. The molecule has 0 atom stereocenters. The zero-order chi connectivity index (χ0) is 17.5. The Morgan fingerprint density at radius 3 is 2.38 bits per heavy atom. The molecule has 130 valence electrons. The number of amides is 1. The van der Waals surface area contributed by atoms with Crippen molar-refractivity contribution < 1.29 is 9.32 Å². The summed E-state index contributed by atoms with van der Waals surface area (Å²) in [6.07, 6.45) is 1.72. The number of carbonyl (C=O) groups is 1. The Balaban J connectivity index is 1.68. The zero-order valence-corrected chi connectivity index (χ0v) is 15.7. The summed E-state index contributed by atoms with van der Waals surface area (Å²) in [6, 6.07) is 0. The topological polar surface area (TPSA) is 72.1 Å². The molecule has 1 aliphatic heterocycles. The molecule has 1 saturated heterocycles. The third kappa shape index (κ3) is 3.36. The highest BCUT2D eigenvalue weighted by molar-refractivity contribution is 7.14. The minimum Gasteiger partial charge on any atom is -0.339 e. The Bertz CT molecular complexity index is 736. The number of hydrogen-bond acceptors (Lipinski definition) is 6. The van der Waals surface area contributed by atoms with E-state index in [4.69, 9.17) is 4.52 Å². The maximum absolute atomic E-state index is 12.9. The van der Waals surface area contributed by atoms with Gasteiger partial charge >= 0.3 is 0 Å². The molecule has 2 aromatic rings. The Hall–Kier alpha value is -1.76. The van der Waals surface area contributed by atoms with Gasteiger partial charge in [0.15, 0.2) is 5.82 Å². The van der Waals surface area contributed by atoms with E-state index in [0.29, 0.717) is 24.8 Å². The molecule has 24 heavy (non-hydrogen) atoms. The van der Waals surface area contributed by atoms with Gasteiger partial charge in [-0.25, -0.2) is 4.98 Å². The van der Waals surface area contributed by atoms with E-state index >= 15 is 0 Å². The standard InChI is InChI=1S/C17H24N4O2S/c1-10-13(24-16(18-10)17(3,4)5)15(22)21-8-6-12(7-9-21)14-19-11(2)20-23-14/h12H,6-9H2,1-5H3. The van der Waals surface area contributed by atoms with Crippen molar-refractivity contribution in [2.45, 2.75) is 58.8 Å². The second-order valence-corrected chi connectivity index (χ2v) is 8.43. The number of thiazole rings is 1. The van der Waals surface area contributed by atoms with Gasteiger partial charge in [-0.3, -0.25) is 4.79 Å². The van der Waals surface area contributed by atoms with E-state index in [0.717, 1.165) is 28.4 Å². The van der Waals surface area contributed by atoms with Crippen molar-refractivity contribution >= 4 is 17.2 Å². The maximum Gasteiger partial charge on any atom is 0.265 e. The van der Waals surface area contributed by atoms with Crippen LogP contribution < -0.4 is 0 Å².